The Kier molecular flexibility index (Phi) is 1.55. The molecular weight excluding hydrogens is 200 g/mol. The second-order valence-electron chi connectivity index (χ2n) is 4.47. The van der Waals surface area contributed by atoms with Crippen LogP contribution in [0.15, 0.2) is 24.3 Å². The maximum absolute atomic E-state index is 11.1. The van der Waals surface area contributed by atoms with Gasteiger partial charge in [-0.15, -0.1) is 0 Å². The van der Waals surface area contributed by atoms with Crippen molar-refractivity contribution in [2.75, 3.05) is 0 Å². The van der Waals surface area contributed by atoms with Crippen molar-refractivity contribution >= 4 is 10.1 Å². The average Bonchev–Trinajstić information content (AvgIpc) is 2.74. The standard InChI is InChI=1S/C10H12O3S/c11-14(12,13)9-4-3-8-6-1-2-7(5-6)10(8)9/h1-4,6-10H,5H2,(H,11,12,13). The lowest BCUT2D eigenvalue weighted by atomic mass is 9.85. The SMILES string of the molecule is O=S(=O)(O)C1C=CC2C3C=CC(C3)C21. The Hall–Kier alpha value is -0.610. The number of hydrogen-bond donors (Lipinski definition) is 1. The predicted octanol–water partition coefficient (Wildman–Crippen LogP) is 1.25. The van der Waals surface area contributed by atoms with Gasteiger partial charge >= 0.3 is 0 Å². The molecule has 3 rings (SSSR count). The van der Waals surface area contributed by atoms with Gasteiger partial charge in [-0.05, 0) is 30.1 Å². The summed E-state index contributed by atoms with van der Waals surface area (Å²) < 4.78 is 31.4. The summed E-state index contributed by atoms with van der Waals surface area (Å²) >= 11 is 0. The maximum Gasteiger partial charge on any atom is 0.271 e. The van der Waals surface area contributed by atoms with E-state index in [1.165, 1.54) is 0 Å². The van der Waals surface area contributed by atoms with Gasteiger partial charge in [0, 0.05) is 0 Å². The molecule has 3 aliphatic rings. The van der Waals surface area contributed by atoms with E-state index < -0.39 is 15.4 Å². The zero-order valence-corrected chi connectivity index (χ0v) is 8.39. The molecule has 4 heteroatoms. The third-order valence-electron chi connectivity index (χ3n) is 3.83. The van der Waals surface area contributed by atoms with E-state index in [0.29, 0.717) is 17.8 Å². The molecule has 1 N–H and O–H groups in total. The third kappa shape index (κ3) is 0.982. The van der Waals surface area contributed by atoms with E-state index in [1.54, 1.807) is 6.08 Å². The normalized spacial score (nSPS) is 48.8. The van der Waals surface area contributed by atoms with Gasteiger partial charge in [0.2, 0.25) is 0 Å². The van der Waals surface area contributed by atoms with Crippen molar-refractivity contribution in [3.8, 4) is 0 Å². The van der Waals surface area contributed by atoms with Gasteiger partial charge in [-0.25, -0.2) is 0 Å². The molecule has 0 aromatic heterocycles. The Morgan fingerprint density at radius 2 is 1.79 bits per heavy atom. The van der Waals surface area contributed by atoms with Gasteiger partial charge in [-0.3, -0.25) is 4.55 Å². The molecule has 2 bridgehead atoms. The molecule has 0 spiro atoms. The van der Waals surface area contributed by atoms with Gasteiger partial charge in [0.15, 0.2) is 0 Å². The van der Waals surface area contributed by atoms with Crippen molar-refractivity contribution < 1.29 is 13.0 Å². The van der Waals surface area contributed by atoms with Crippen LogP contribution in [-0.4, -0.2) is 18.2 Å². The van der Waals surface area contributed by atoms with E-state index in [2.05, 4.69) is 12.2 Å². The fourth-order valence-electron chi connectivity index (χ4n) is 3.30. The molecule has 0 aliphatic heterocycles. The molecule has 0 aromatic carbocycles. The first-order valence-electron chi connectivity index (χ1n) is 4.90. The Labute approximate surface area is 83.3 Å². The first-order valence-corrected chi connectivity index (χ1v) is 6.40. The van der Waals surface area contributed by atoms with Crippen LogP contribution in [0.1, 0.15) is 6.42 Å². The van der Waals surface area contributed by atoms with Gasteiger partial charge in [-0.1, -0.05) is 24.3 Å². The largest absolute Gasteiger partial charge is 0.285 e. The highest BCUT2D eigenvalue weighted by atomic mass is 32.2. The molecule has 1 saturated carbocycles. The number of allylic oxidation sites excluding steroid dienone is 3. The van der Waals surface area contributed by atoms with E-state index in [4.69, 9.17) is 4.55 Å². The average molecular weight is 212 g/mol. The van der Waals surface area contributed by atoms with Gasteiger partial charge in [0.25, 0.3) is 10.1 Å². The van der Waals surface area contributed by atoms with Crippen molar-refractivity contribution in [1.29, 1.82) is 0 Å². The van der Waals surface area contributed by atoms with Crippen molar-refractivity contribution in [1.82, 2.24) is 0 Å². The molecule has 3 nitrogen and oxygen atoms in total. The van der Waals surface area contributed by atoms with Crippen LogP contribution in [0.4, 0.5) is 0 Å². The Balaban J connectivity index is 2.01. The van der Waals surface area contributed by atoms with Crippen LogP contribution >= 0.6 is 0 Å². The number of fused-ring (bicyclic) bond motifs is 5. The molecule has 3 aliphatic carbocycles. The summed E-state index contributed by atoms with van der Waals surface area (Å²) in [6, 6.07) is 0. The summed E-state index contributed by atoms with van der Waals surface area (Å²) in [5.41, 5.74) is 0. The van der Waals surface area contributed by atoms with E-state index in [-0.39, 0.29) is 5.92 Å². The molecule has 0 heterocycles. The van der Waals surface area contributed by atoms with Crippen LogP contribution in [0.5, 0.6) is 0 Å². The van der Waals surface area contributed by atoms with Crippen LogP contribution in [0.2, 0.25) is 0 Å². The minimum absolute atomic E-state index is 0.0972. The molecule has 0 aromatic rings. The van der Waals surface area contributed by atoms with Crippen LogP contribution in [0, 0.1) is 23.7 Å². The van der Waals surface area contributed by atoms with E-state index in [1.807, 2.05) is 6.08 Å². The molecule has 5 atom stereocenters. The van der Waals surface area contributed by atoms with E-state index in [9.17, 15) is 8.42 Å². The van der Waals surface area contributed by atoms with Crippen LogP contribution in [0.3, 0.4) is 0 Å². The minimum Gasteiger partial charge on any atom is -0.285 e. The molecule has 0 radical (unpaired) electrons. The highest BCUT2D eigenvalue weighted by molar-refractivity contribution is 7.86. The van der Waals surface area contributed by atoms with Gasteiger partial charge in [0.1, 0.15) is 5.25 Å². The lowest BCUT2D eigenvalue weighted by Gasteiger charge is -2.24. The van der Waals surface area contributed by atoms with Crippen molar-refractivity contribution in [3.05, 3.63) is 24.3 Å². The highest BCUT2D eigenvalue weighted by Gasteiger charge is 2.52. The molecule has 76 valence electrons. The minimum atomic E-state index is -3.90. The molecule has 0 saturated heterocycles. The van der Waals surface area contributed by atoms with Crippen molar-refractivity contribution in [2.24, 2.45) is 23.7 Å². The Morgan fingerprint density at radius 3 is 2.50 bits per heavy atom. The molecule has 1 fully saturated rings. The quantitative estimate of drug-likeness (QED) is 0.525. The molecule has 0 amide bonds. The number of rotatable bonds is 1. The van der Waals surface area contributed by atoms with Crippen LogP contribution in [-0.2, 0) is 10.1 Å². The maximum atomic E-state index is 11.1. The summed E-state index contributed by atoms with van der Waals surface area (Å²) in [6.45, 7) is 0. The smallest absolute Gasteiger partial charge is 0.271 e. The van der Waals surface area contributed by atoms with E-state index in [0.717, 1.165) is 6.42 Å². The van der Waals surface area contributed by atoms with Crippen molar-refractivity contribution in [2.45, 2.75) is 11.7 Å². The number of hydrogen-bond acceptors (Lipinski definition) is 2. The van der Waals surface area contributed by atoms with Gasteiger partial charge < -0.3 is 0 Å². The Morgan fingerprint density at radius 1 is 1.07 bits per heavy atom. The summed E-state index contributed by atoms with van der Waals surface area (Å²) in [6.07, 6.45) is 8.99. The first-order chi connectivity index (χ1) is 6.57. The fourth-order valence-corrected chi connectivity index (χ4v) is 4.37. The zero-order chi connectivity index (χ0) is 9.92. The summed E-state index contributed by atoms with van der Waals surface area (Å²) in [4.78, 5) is 0. The monoisotopic (exact) mass is 212 g/mol. The molecule has 14 heavy (non-hydrogen) atoms. The summed E-state index contributed by atoms with van der Waals surface area (Å²) in [5.74, 6) is 1.30. The van der Waals surface area contributed by atoms with Crippen LogP contribution < -0.4 is 0 Å². The summed E-state index contributed by atoms with van der Waals surface area (Å²) in [5, 5.41) is -0.660. The predicted molar refractivity (Wildman–Crippen MR) is 52.2 cm³/mol. The highest BCUT2D eigenvalue weighted by Crippen LogP contribution is 2.53. The summed E-state index contributed by atoms with van der Waals surface area (Å²) in [7, 11) is -3.90. The zero-order valence-electron chi connectivity index (χ0n) is 7.58. The van der Waals surface area contributed by atoms with Gasteiger partial charge in [0.05, 0.1) is 0 Å². The second-order valence-corrected chi connectivity index (χ2v) is 6.04. The van der Waals surface area contributed by atoms with E-state index >= 15 is 0 Å². The lowest BCUT2D eigenvalue weighted by molar-refractivity contribution is 0.375. The third-order valence-corrected chi connectivity index (χ3v) is 4.99. The van der Waals surface area contributed by atoms with Crippen molar-refractivity contribution in [3.63, 3.8) is 0 Å². The second kappa shape index (κ2) is 2.49. The topological polar surface area (TPSA) is 54.4 Å². The van der Waals surface area contributed by atoms with Crippen LogP contribution in [0.25, 0.3) is 0 Å². The fraction of sp³-hybridized carbons (Fsp3) is 0.600. The molecular formula is C10H12O3S. The molecule has 5 unspecified atom stereocenters. The Bertz CT molecular complexity index is 421. The lowest BCUT2D eigenvalue weighted by Crippen LogP contribution is -2.30. The first kappa shape index (κ1) is 8.68. The van der Waals surface area contributed by atoms with Gasteiger partial charge in [-0.2, -0.15) is 8.42 Å².